The van der Waals surface area contributed by atoms with Crippen molar-refractivity contribution < 1.29 is 28.9 Å². The molecule has 164 valence electrons. The van der Waals surface area contributed by atoms with E-state index in [2.05, 4.69) is 15.9 Å². The largest absolute Gasteiger partial charge is 0.489 e. The second-order valence-corrected chi connectivity index (χ2v) is 7.97. The molecular weight excluding hydrogens is 469 g/mol. The summed E-state index contributed by atoms with van der Waals surface area (Å²) in [5.74, 6) is -0.987. The quantitative estimate of drug-likeness (QED) is 0.382. The maximum atomic E-state index is 13.7. The summed E-state index contributed by atoms with van der Waals surface area (Å²) in [6, 6.07) is 12.6. The first-order valence-electron chi connectivity index (χ1n) is 9.82. The fourth-order valence-corrected chi connectivity index (χ4v) is 4.22. The van der Waals surface area contributed by atoms with Gasteiger partial charge in [0, 0.05) is 10.9 Å². The van der Waals surface area contributed by atoms with Crippen molar-refractivity contribution in [1.82, 2.24) is 4.90 Å². The topological polar surface area (TPSA) is 87.1 Å². The molecule has 1 heterocycles. The highest BCUT2D eigenvalue weighted by Crippen LogP contribution is 2.45. The Hall–Kier alpha value is -2.87. The number of allylic oxidation sites excluding steroid dienone is 1. The summed E-state index contributed by atoms with van der Waals surface area (Å²) in [4.78, 5) is 25.2. The molecule has 0 radical (unpaired) electrons. The van der Waals surface area contributed by atoms with Crippen molar-refractivity contribution >= 4 is 28.0 Å². The minimum absolute atomic E-state index is 0.0682. The number of ether oxygens (including phenoxy) is 1. The number of rotatable bonds is 8. The molecule has 1 saturated heterocycles. The molecule has 2 aromatic carbocycles. The van der Waals surface area contributed by atoms with Crippen molar-refractivity contribution in [2.75, 3.05) is 5.33 Å². The molecule has 1 aliphatic heterocycles. The van der Waals surface area contributed by atoms with Gasteiger partial charge in [-0.05, 0) is 43.0 Å². The average Bonchev–Trinajstić information content (AvgIpc) is 3.15. The van der Waals surface area contributed by atoms with E-state index < -0.39 is 23.6 Å². The average molecular weight is 492 g/mol. The number of nitrogens with zero attached hydrogens (tertiary/aromatic N) is 1. The van der Waals surface area contributed by atoms with Gasteiger partial charge in [-0.2, -0.15) is 0 Å². The van der Waals surface area contributed by atoms with Gasteiger partial charge < -0.3 is 14.9 Å². The van der Waals surface area contributed by atoms with Crippen LogP contribution in [-0.4, -0.2) is 38.0 Å². The van der Waals surface area contributed by atoms with Gasteiger partial charge in [0.1, 0.15) is 23.7 Å². The van der Waals surface area contributed by atoms with E-state index in [-0.39, 0.29) is 25.3 Å². The fraction of sp³-hybridized carbons (Fsp3) is 0.304. The maximum Gasteiger partial charge on any atom is 0.408 e. The molecule has 1 aliphatic rings. The highest BCUT2D eigenvalue weighted by molar-refractivity contribution is 9.09. The van der Waals surface area contributed by atoms with Crippen molar-refractivity contribution in [2.45, 2.75) is 37.5 Å². The summed E-state index contributed by atoms with van der Waals surface area (Å²) in [5.41, 5.74) is -0.384. The summed E-state index contributed by atoms with van der Waals surface area (Å²) in [6.45, 7) is 0.0682. The Labute approximate surface area is 188 Å². The number of carboxylic acids is 1. The number of hydrogen-bond donors (Lipinski definition) is 2. The van der Waals surface area contributed by atoms with Crippen molar-refractivity contribution in [2.24, 2.45) is 0 Å². The minimum atomic E-state index is -1.50. The lowest BCUT2D eigenvalue weighted by Crippen LogP contribution is -2.53. The molecule has 0 saturated carbocycles. The van der Waals surface area contributed by atoms with Gasteiger partial charge in [-0.3, -0.25) is 4.90 Å². The van der Waals surface area contributed by atoms with E-state index in [0.29, 0.717) is 28.6 Å². The van der Waals surface area contributed by atoms with Gasteiger partial charge in [0.15, 0.2) is 0 Å². The third kappa shape index (κ3) is 4.90. The van der Waals surface area contributed by atoms with Crippen LogP contribution in [0.1, 0.15) is 36.4 Å². The van der Waals surface area contributed by atoms with Crippen LogP contribution in [0.25, 0.3) is 0 Å². The number of halogens is 2. The third-order valence-electron chi connectivity index (χ3n) is 5.54. The number of carbonyl (C=O) groups is 2. The van der Waals surface area contributed by atoms with Crippen molar-refractivity contribution in [3.05, 3.63) is 77.6 Å². The number of carboxylic acid groups (broad SMARTS) is 2. The Morgan fingerprint density at radius 3 is 2.48 bits per heavy atom. The zero-order valence-electron chi connectivity index (χ0n) is 16.7. The first kappa shape index (κ1) is 22.8. The lowest BCUT2D eigenvalue weighted by atomic mass is 9.92. The van der Waals surface area contributed by atoms with Crippen molar-refractivity contribution in [3.8, 4) is 5.75 Å². The van der Waals surface area contributed by atoms with Gasteiger partial charge >= 0.3 is 12.1 Å². The second kappa shape index (κ2) is 9.96. The van der Waals surface area contributed by atoms with Crippen molar-refractivity contribution in [1.29, 1.82) is 0 Å². The van der Waals surface area contributed by atoms with Gasteiger partial charge in [-0.1, -0.05) is 58.4 Å². The lowest BCUT2D eigenvalue weighted by molar-refractivity contribution is -0.149. The molecule has 31 heavy (non-hydrogen) atoms. The number of aliphatic carboxylic acids is 1. The number of alkyl halides is 1. The van der Waals surface area contributed by atoms with Gasteiger partial charge in [-0.25, -0.2) is 14.0 Å². The highest BCUT2D eigenvalue weighted by atomic mass is 79.9. The van der Waals surface area contributed by atoms with Gasteiger partial charge in [0.05, 0.1) is 6.04 Å². The summed E-state index contributed by atoms with van der Waals surface area (Å²) < 4.78 is 19.4. The van der Waals surface area contributed by atoms with Gasteiger partial charge in [0.25, 0.3) is 0 Å². The van der Waals surface area contributed by atoms with Crippen LogP contribution in [0.15, 0.2) is 60.7 Å². The Balaban J connectivity index is 1.78. The summed E-state index contributed by atoms with van der Waals surface area (Å²) in [5, 5.41) is 20.3. The molecule has 2 N–H and O–H groups in total. The number of likely N-dealkylation sites (tertiary alicyclic amines) is 1. The van der Waals surface area contributed by atoms with Crippen LogP contribution in [0, 0.1) is 5.82 Å². The summed E-state index contributed by atoms with van der Waals surface area (Å²) >= 11 is 3.25. The predicted octanol–water partition coefficient (Wildman–Crippen LogP) is 5.38. The van der Waals surface area contributed by atoms with E-state index in [0.717, 1.165) is 4.90 Å². The zero-order valence-corrected chi connectivity index (χ0v) is 18.3. The van der Waals surface area contributed by atoms with E-state index in [1.165, 1.54) is 6.07 Å². The van der Waals surface area contributed by atoms with Gasteiger partial charge in [0.2, 0.25) is 0 Å². The fourth-order valence-electron chi connectivity index (χ4n) is 3.96. The molecule has 1 amide bonds. The number of hydrogen-bond acceptors (Lipinski definition) is 3. The maximum absolute atomic E-state index is 13.7. The molecule has 2 aromatic rings. The first-order chi connectivity index (χ1) is 14.9. The SMILES string of the molecule is O=C(O)N1[C@@H](c2ccc(OCc3ccccc3F)cc2)CC[C@@]1(CC=CCBr)C(=O)O. The standard InChI is InChI=1S/C23H23BrFNO5/c24-14-4-3-12-23(21(27)28)13-11-20(26(23)22(29)30)16-7-9-18(10-8-16)31-15-17-5-1-2-6-19(17)25/h1-10,20H,11-15H2,(H,27,28)(H,29,30)/t20-,23+/m1/s1. The predicted molar refractivity (Wildman–Crippen MR) is 117 cm³/mol. The molecule has 3 rings (SSSR count). The summed E-state index contributed by atoms with van der Waals surface area (Å²) in [7, 11) is 0. The molecular formula is C23H23BrFNO5. The van der Waals surface area contributed by atoms with Gasteiger partial charge in [-0.15, -0.1) is 0 Å². The van der Waals surface area contributed by atoms with Crippen molar-refractivity contribution in [3.63, 3.8) is 0 Å². The Bertz CT molecular complexity index is 965. The van der Waals surface area contributed by atoms with E-state index >= 15 is 0 Å². The number of amides is 1. The van der Waals surface area contributed by atoms with E-state index in [9.17, 15) is 24.2 Å². The Kier molecular flexibility index (Phi) is 7.33. The lowest BCUT2D eigenvalue weighted by Gasteiger charge is -2.35. The molecule has 2 atom stereocenters. The molecule has 0 aromatic heterocycles. The normalized spacial score (nSPS) is 20.8. The highest BCUT2D eigenvalue weighted by Gasteiger charge is 2.54. The van der Waals surface area contributed by atoms with Crippen LogP contribution in [0.3, 0.4) is 0 Å². The molecule has 0 spiro atoms. The molecule has 6 nitrogen and oxygen atoms in total. The van der Waals surface area contributed by atoms with Crippen LogP contribution in [0.2, 0.25) is 0 Å². The van der Waals surface area contributed by atoms with Crippen LogP contribution in [0.5, 0.6) is 5.75 Å². The van der Waals surface area contributed by atoms with E-state index in [1.54, 1.807) is 54.6 Å². The Morgan fingerprint density at radius 1 is 1.16 bits per heavy atom. The Morgan fingerprint density at radius 2 is 1.87 bits per heavy atom. The molecule has 8 heteroatoms. The zero-order chi connectivity index (χ0) is 22.4. The molecule has 0 bridgehead atoms. The second-order valence-electron chi connectivity index (χ2n) is 7.32. The number of benzene rings is 2. The van der Waals surface area contributed by atoms with Crippen LogP contribution >= 0.6 is 15.9 Å². The van der Waals surface area contributed by atoms with E-state index in [1.807, 2.05) is 0 Å². The monoisotopic (exact) mass is 491 g/mol. The van der Waals surface area contributed by atoms with E-state index in [4.69, 9.17) is 4.74 Å². The molecule has 1 fully saturated rings. The first-order valence-corrected chi connectivity index (χ1v) is 10.9. The third-order valence-corrected chi connectivity index (χ3v) is 5.91. The molecule has 0 unspecified atom stereocenters. The van der Waals surface area contributed by atoms with Crippen LogP contribution in [0.4, 0.5) is 9.18 Å². The summed E-state index contributed by atoms with van der Waals surface area (Å²) in [6.07, 6.45) is 2.91. The smallest absolute Gasteiger partial charge is 0.408 e. The minimum Gasteiger partial charge on any atom is -0.489 e. The van der Waals surface area contributed by atoms with Crippen LogP contribution in [-0.2, 0) is 11.4 Å². The molecule has 0 aliphatic carbocycles. The van der Waals surface area contributed by atoms with Crippen LogP contribution < -0.4 is 4.74 Å².